The number of aryl methyl sites for hydroxylation is 1. The van der Waals surface area contributed by atoms with Crippen molar-refractivity contribution < 1.29 is 19.1 Å². The first kappa shape index (κ1) is 21.3. The van der Waals surface area contributed by atoms with Crippen molar-refractivity contribution in [1.82, 2.24) is 10.3 Å². The van der Waals surface area contributed by atoms with Crippen LogP contribution in [-0.4, -0.2) is 27.7 Å². The Morgan fingerprint density at radius 3 is 2.75 bits per heavy atom. The van der Waals surface area contributed by atoms with Crippen LogP contribution in [0.2, 0.25) is 0 Å². The number of aromatic nitrogens is 1. The standard InChI is InChI=1S/C24H21N3O4S/c1-3-30-17-8-6-7-15(12-17)22(29)27-24(32)25-16-11-14(2)21(28)18(13-16)23-26-19-9-4-5-10-20(19)31-23/h4-13,28H,3H2,1-2H3,(H2,25,27,29,32). The van der Waals surface area contributed by atoms with Gasteiger partial charge in [-0.15, -0.1) is 0 Å². The molecule has 8 heteroatoms. The summed E-state index contributed by atoms with van der Waals surface area (Å²) < 4.78 is 11.2. The maximum Gasteiger partial charge on any atom is 0.257 e. The van der Waals surface area contributed by atoms with Gasteiger partial charge in [-0.2, -0.15) is 0 Å². The van der Waals surface area contributed by atoms with Crippen LogP contribution in [0.25, 0.3) is 22.6 Å². The maximum atomic E-state index is 12.6. The van der Waals surface area contributed by atoms with Crippen LogP contribution in [0.15, 0.2) is 65.1 Å². The molecule has 0 radical (unpaired) electrons. The van der Waals surface area contributed by atoms with Gasteiger partial charge in [0.25, 0.3) is 5.91 Å². The number of thiocarbonyl (C=S) groups is 1. The predicted molar refractivity (Wildman–Crippen MR) is 127 cm³/mol. The molecule has 32 heavy (non-hydrogen) atoms. The summed E-state index contributed by atoms with van der Waals surface area (Å²) in [5.74, 6) is 0.595. The number of anilines is 1. The number of nitrogens with zero attached hydrogens (tertiary/aromatic N) is 1. The van der Waals surface area contributed by atoms with Crippen molar-refractivity contribution in [3.63, 3.8) is 0 Å². The molecule has 1 heterocycles. The fraction of sp³-hybridized carbons (Fsp3) is 0.125. The zero-order valence-electron chi connectivity index (χ0n) is 17.5. The van der Waals surface area contributed by atoms with E-state index >= 15 is 0 Å². The minimum absolute atomic E-state index is 0.0600. The molecule has 4 aromatic rings. The van der Waals surface area contributed by atoms with Gasteiger partial charge < -0.3 is 19.6 Å². The molecule has 162 valence electrons. The highest BCUT2D eigenvalue weighted by molar-refractivity contribution is 7.80. The van der Waals surface area contributed by atoms with Crippen molar-refractivity contribution in [3.8, 4) is 23.0 Å². The number of carbonyl (C=O) groups is 1. The van der Waals surface area contributed by atoms with Crippen LogP contribution < -0.4 is 15.4 Å². The van der Waals surface area contributed by atoms with Crippen molar-refractivity contribution >= 4 is 40.0 Å². The minimum atomic E-state index is -0.362. The van der Waals surface area contributed by atoms with E-state index in [9.17, 15) is 9.90 Å². The SMILES string of the molecule is CCOc1cccc(C(=O)NC(=S)Nc2cc(C)c(O)c(-c3nc4ccccc4o3)c2)c1. The molecule has 7 nitrogen and oxygen atoms in total. The molecule has 0 bridgehead atoms. The number of carbonyl (C=O) groups excluding carboxylic acids is 1. The van der Waals surface area contributed by atoms with E-state index in [0.717, 1.165) is 0 Å². The highest BCUT2D eigenvalue weighted by Crippen LogP contribution is 2.36. The molecule has 1 aromatic heterocycles. The number of hydrogen-bond acceptors (Lipinski definition) is 6. The molecule has 0 saturated carbocycles. The first-order valence-electron chi connectivity index (χ1n) is 9.99. The van der Waals surface area contributed by atoms with Crippen molar-refractivity contribution in [1.29, 1.82) is 0 Å². The lowest BCUT2D eigenvalue weighted by molar-refractivity contribution is 0.0977. The number of phenols is 1. The van der Waals surface area contributed by atoms with Gasteiger partial charge in [0.1, 0.15) is 17.0 Å². The number of benzene rings is 3. The number of fused-ring (bicyclic) bond motifs is 1. The van der Waals surface area contributed by atoms with Crippen LogP contribution in [0.3, 0.4) is 0 Å². The molecule has 3 aromatic carbocycles. The lowest BCUT2D eigenvalue weighted by atomic mass is 10.1. The van der Waals surface area contributed by atoms with Crippen molar-refractivity contribution in [2.45, 2.75) is 13.8 Å². The molecule has 0 atom stereocenters. The first-order valence-corrected chi connectivity index (χ1v) is 10.4. The second-order valence-electron chi connectivity index (χ2n) is 7.05. The largest absolute Gasteiger partial charge is 0.507 e. The highest BCUT2D eigenvalue weighted by atomic mass is 32.1. The molecular formula is C24H21N3O4S. The van der Waals surface area contributed by atoms with Gasteiger partial charge in [0.15, 0.2) is 10.7 Å². The van der Waals surface area contributed by atoms with Gasteiger partial charge in [0.05, 0.1) is 12.2 Å². The van der Waals surface area contributed by atoms with Gasteiger partial charge in [-0.1, -0.05) is 18.2 Å². The summed E-state index contributed by atoms with van der Waals surface area (Å²) in [7, 11) is 0. The molecule has 0 aliphatic carbocycles. The number of ether oxygens (including phenoxy) is 1. The lowest BCUT2D eigenvalue weighted by Gasteiger charge is -2.13. The van der Waals surface area contributed by atoms with Gasteiger partial charge in [0.2, 0.25) is 5.89 Å². The van der Waals surface area contributed by atoms with Gasteiger partial charge in [-0.25, -0.2) is 4.98 Å². The normalized spacial score (nSPS) is 10.7. The Hall–Kier alpha value is -3.91. The molecule has 0 spiro atoms. The molecule has 0 aliphatic rings. The third-order valence-electron chi connectivity index (χ3n) is 4.72. The Balaban J connectivity index is 1.53. The molecule has 0 unspecified atom stereocenters. The number of phenolic OH excluding ortho intramolecular Hbond substituents is 1. The van der Waals surface area contributed by atoms with E-state index in [1.165, 1.54) is 0 Å². The Labute approximate surface area is 190 Å². The molecule has 0 fully saturated rings. The summed E-state index contributed by atoms with van der Waals surface area (Å²) in [6.45, 7) is 4.14. The van der Waals surface area contributed by atoms with E-state index in [-0.39, 0.29) is 22.7 Å². The lowest BCUT2D eigenvalue weighted by Crippen LogP contribution is -2.34. The molecule has 0 saturated heterocycles. The van der Waals surface area contributed by atoms with Crippen LogP contribution in [-0.2, 0) is 0 Å². The van der Waals surface area contributed by atoms with E-state index in [0.29, 0.717) is 45.8 Å². The topological polar surface area (TPSA) is 96.6 Å². The predicted octanol–water partition coefficient (Wildman–Crippen LogP) is 5.03. The molecule has 3 N–H and O–H groups in total. The number of para-hydroxylation sites is 2. The molecule has 0 aliphatic heterocycles. The van der Waals surface area contributed by atoms with Crippen LogP contribution in [0, 0.1) is 6.92 Å². The van der Waals surface area contributed by atoms with Gasteiger partial charge in [0, 0.05) is 11.3 Å². The van der Waals surface area contributed by atoms with Crippen LogP contribution >= 0.6 is 12.2 Å². The Bertz CT molecular complexity index is 1280. The van der Waals surface area contributed by atoms with Crippen molar-refractivity contribution in [3.05, 3.63) is 71.8 Å². The summed E-state index contributed by atoms with van der Waals surface area (Å²) in [4.78, 5) is 17.0. The summed E-state index contributed by atoms with van der Waals surface area (Å²) in [6, 6.07) is 17.6. The Morgan fingerprint density at radius 1 is 1.16 bits per heavy atom. The van der Waals surface area contributed by atoms with Crippen molar-refractivity contribution in [2.24, 2.45) is 0 Å². The van der Waals surface area contributed by atoms with Gasteiger partial charge in [-0.05, 0) is 74.1 Å². The maximum absolute atomic E-state index is 12.6. The van der Waals surface area contributed by atoms with Gasteiger partial charge >= 0.3 is 0 Å². The fourth-order valence-electron chi connectivity index (χ4n) is 3.23. The highest BCUT2D eigenvalue weighted by Gasteiger charge is 2.16. The third-order valence-corrected chi connectivity index (χ3v) is 4.92. The van der Waals surface area contributed by atoms with Gasteiger partial charge in [-0.3, -0.25) is 10.1 Å². The number of amides is 1. The molecule has 1 amide bonds. The second-order valence-corrected chi connectivity index (χ2v) is 7.45. The molecular weight excluding hydrogens is 426 g/mol. The monoisotopic (exact) mass is 447 g/mol. The Kier molecular flexibility index (Phi) is 6.04. The third kappa shape index (κ3) is 4.55. The Morgan fingerprint density at radius 2 is 1.97 bits per heavy atom. The van der Waals surface area contributed by atoms with Crippen LogP contribution in [0.5, 0.6) is 11.5 Å². The fourth-order valence-corrected chi connectivity index (χ4v) is 3.44. The van der Waals surface area contributed by atoms with Crippen LogP contribution in [0.1, 0.15) is 22.8 Å². The number of hydrogen-bond donors (Lipinski definition) is 3. The first-order chi connectivity index (χ1) is 15.4. The summed E-state index contributed by atoms with van der Waals surface area (Å²) >= 11 is 5.31. The van der Waals surface area contributed by atoms with E-state index in [4.69, 9.17) is 21.4 Å². The summed E-state index contributed by atoms with van der Waals surface area (Å²) in [6.07, 6.45) is 0. The van der Waals surface area contributed by atoms with Crippen LogP contribution in [0.4, 0.5) is 5.69 Å². The summed E-state index contributed by atoms with van der Waals surface area (Å²) in [5, 5.41) is 16.3. The van der Waals surface area contributed by atoms with Crippen molar-refractivity contribution in [2.75, 3.05) is 11.9 Å². The van der Waals surface area contributed by atoms with E-state index in [2.05, 4.69) is 15.6 Å². The quantitative estimate of drug-likeness (QED) is 0.291. The number of aromatic hydroxyl groups is 1. The van der Waals surface area contributed by atoms with E-state index < -0.39 is 0 Å². The number of rotatable bonds is 5. The minimum Gasteiger partial charge on any atom is -0.507 e. The average Bonchev–Trinajstić information content (AvgIpc) is 3.20. The second kappa shape index (κ2) is 9.07. The molecule has 4 rings (SSSR count). The average molecular weight is 448 g/mol. The number of oxazole rings is 1. The zero-order valence-corrected chi connectivity index (χ0v) is 18.3. The number of nitrogens with one attached hydrogen (secondary N) is 2. The van der Waals surface area contributed by atoms with E-state index in [1.54, 1.807) is 43.3 Å². The zero-order chi connectivity index (χ0) is 22.7. The smallest absolute Gasteiger partial charge is 0.257 e. The summed E-state index contributed by atoms with van der Waals surface area (Å²) in [5.41, 5.74) is 3.33. The van der Waals surface area contributed by atoms with E-state index in [1.807, 2.05) is 31.2 Å².